The molecule has 0 bridgehead atoms. The molecule has 2 nitrogen and oxygen atoms in total. The van der Waals surface area contributed by atoms with E-state index in [-0.39, 0.29) is 0 Å². The fraction of sp³-hybridized carbons (Fsp3) is 1.00. The van der Waals surface area contributed by atoms with Gasteiger partial charge >= 0.3 is 0 Å². The van der Waals surface area contributed by atoms with E-state index in [2.05, 4.69) is 19.6 Å². The molecule has 0 aromatic heterocycles. The Hall–Kier alpha value is 0.137. The van der Waals surface area contributed by atoms with Gasteiger partial charge in [-0.15, -0.1) is 0 Å². The second-order valence-electron chi connectivity index (χ2n) is 4.10. The third-order valence-electron chi connectivity index (χ3n) is 1.41. The maximum atomic E-state index is 5.83. The zero-order valence-electron chi connectivity index (χ0n) is 7.35. The fourth-order valence-electron chi connectivity index (χ4n) is 1.10. The van der Waals surface area contributed by atoms with Crippen LogP contribution in [0, 0.1) is 0 Å². The zero-order valence-corrected chi connectivity index (χ0v) is 8.35. The van der Waals surface area contributed by atoms with Crippen molar-refractivity contribution in [3.63, 3.8) is 0 Å². The van der Waals surface area contributed by atoms with Gasteiger partial charge in [0.2, 0.25) is 0 Å². The molecule has 0 fully saturated rings. The lowest BCUT2D eigenvalue weighted by Crippen LogP contribution is -2.33. The van der Waals surface area contributed by atoms with Crippen LogP contribution in [0.25, 0.3) is 0 Å². The molecule has 4 N–H and O–H groups in total. The van der Waals surface area contributed by atoms with Gasteiger partial charge in [0.05, 0.1) is 0 Å². The van der Waals surface area contributed by atoms with Crippen LogP contribution in [0.3, 0.4) is 0 Å². The van der Waals surface area contributed by atoms with E-state index in [4.69, 9.17) is 11.5 Å². The van der Waals surface area contributed by atoms with Crippen molar-refractivity contribution < 1.29 is 0 Å². The van der Waals surface area contributed by atoms with Gasteiger partial charge in [-0.05, 0) is 19.0 Å². The van der Waals surface area contributed by atoms with Crippen molar-refractivity contribution >= 4 is 8.07 Å². The largest absolute Gasteiger partial charge is 0.330 e. The minimum Gasteiger partial charge on any atom is -0.330 e. The van der Waals surface area contributed by atoms with Crippen molar-refractivity contribution in [2.75, 3.05) is 6.54 Å². The lowest BCUT2D eigenvalue weighted by molar-refractivity contribution is 0.667. The average Bonchev–Trinajstić information content (AvgIpc) is 1.59. The van der Waals surface area contributed by atoms with E-state index < -0.39 is 8.07 Å². The smallest absolute Gasteiger partial charge is 0.0457 e. The summed E-state index contributed by atoms with van der Waals surface area (Å²) < 4.78 is 0. The van der Waals surface area contributed by atoms with Crippen LogP contribution in [0.15, 0.2) is 0 Å². The van der Waals surface area contributed by atoms with E-state index in [1.54, 1.807) is 0 Å². The van der Waals surface area contributed by atoms with Gasteiger partial charge in [0.25, 0.3) is 0 Å². The summed E-state index contributed by atoms with van der Waals surface area (Å²) >= 11 is 0. The third kappa shape index (κ3) is 6.26. The molecule has 0 rings (SSSR count). The first-order chi connectivity index (χ1) is 4.45. The van der Waals surface area contributed by atoms with Crippen LogP contribution in [-0.4, -0.2) is 20.7 Å². The van der Waals surface area contributed by atoms with Crippen molar-refractivity contribution in [3.05, 3.63) is 0 Å². The van der Waals surface area contributed by atoms with Crippen LogP contribution in [-0.2, 0) is 0 Å². The van der Waals surface area contributed by atoms with Crippen molar-refractivity contribution in [2.24, 2.45) is 11.5 Å². The van der Waals surface area contributed by atoms with Crippen LogP contribution in [0.4, 0.5) is 0 Å². The number of nitrogens with two attached hydrogens (primary N) is 2. The summed E-state index contributed by atoms with van der Waals surface area (Å²) in [6.07, 6.45) is 0.976. The summed E-state index contributed by atoms with van der Waals surface area (Å²) in [5.74, 6) is 0. The van der Waals surface area contributed by atoms with Gasteiger partial charge in [-0.1, -0.05) is 19.6 Å². The monoisotopic (exact) mass is 160 g/mol. The Balaban J connectivity index is 3.47. The molecule has 0 aromatic carbocycles. The zero-order chi connectivity index (χ0) is 8.20. The molecule has 0 radical (unpaired) electrons. The summed E-state index contributed by atoms with van der Waals surface area (Å²) in [4.78, 5) is 0. The average molecular weight is 160 g/mol. The molecule has 3 heteroatoms. The first-order valence-corrected chi connectivity index (χ1v) is 7.62. The Morgan fingerprint density at radius 3 is 2.10 bits per heavy atom. The quantitative estimate of drug-likeness (QED) is 0.603. The second kappa shape index (κ2) is 4.11. The van der Waals surface area contributed by atoms with Gasteiger partial charge in [0, 0.05) is 14.1 Å². The number of hydrogen-bond donors (Lipinski definition) is 2. The minimum atomic E-state index is -0.938. The summed E-state index contributed by atoms with van der Waals surface area (Å²) in [5, 5.41) is 0. The molecule has 0 aliphatic carbocycles. The van der Waals surface area contributed by atoms with E-state index in [1.807, 2.05) is 0 Å². The van der Waals surface area contributed by atoms with E-state index in [0.29, 0.717) is 6.04 Å². The van der Waals surface area contributed by atoms with Crippen LogP contribution in [0.5, 0.6) is 0 Å². The van der Waals surface area contributed by atoms with E-state index in [9.17, 15) is 0 Å². The van der Waals surface area contributed by atoms with Crippen LogP contribution >= 0.6 is 0 Å². The first kappa shape index (κ1) is 10.1. The molecule has 0 saturated carbocycles. The fourth-order valence-corrected chi connectivity index (χ4v) is 2.88. The lowest BCUT2D eigenvalue weighted by Gasteiger charge is -2.20. The highest BCUT2D eigenvalue weighted by Crippen LogP contribution is 2.11. The summed E-state index contributed by atoms with van der Waals surface area (Å²) in [5.41, 5.74) is 11.2. The van der Waals surface area contributed by atoms with E-state index in [0.717, 1.165) is 13.0 Å². The standard InChI is InChI=1S/C7H20N2Si/c1-10(2,3)6-7(9)4-5-8/h7H,4-6,8-9H2,1-3H3. The summed E-state index contributed by atoms with van der Waals surface area (Å²) in [7, 11) is -0.938. The van der Waals surface area contributed by atoms with E-state index in [1.165, 1.54) is 6.04 Å². The van der Waals surface area contributed by atoms with Crippen LogP contribution < -0.4 is 11.5 Å². The Labute approximate surface area is 65.0 Å². The Bertz CT molecular complexity index is 88.1. The van der Waals surface area contributed by atoms with Crippen molar-refractivity contribution in [3.8, 4) is 0 Å². The third-order valence-corrected chi connectivity index (χ3v) is 3.16. The summed E-state index contributed by atoms with van der Waals surface area (Å²) in [6.45, 7) is 7.74. The Kier molecular flexibility index (Phi) is 4.16. The second-order valence-corrected chi connectivity index (χ2v) is 9.63. The normalized spacial score (nSPS) is 15.3. The SMILES string of the molecule is C[Si](C)(C)CC(N)CCN. The molecule has 10 heavy (non-hydrogen) atoms. The molecular weight excluding hydrogens is 140 g/mol. The van der Waals surface area contributed by atoms with E-state index >= 15 is 0 Å². The Morgan fingerprint density at radius 2 is 1.80 bits per heavy atom. The molecule has 0 spiro atoms. The number of rotatable bonds is 4. The van der Waals surface area contributed by atoms with Crippen LogP contribution in [0.1, 0.15) is 6.42 Å². The molecule has 0 aromatic rings. The summed E-state index contributed by atoms with van der Waals surface area (Å²) in [6, 6.07) is 1.54. The van der Waals surface area contributed by atoms with Gasteiger partial charge in [-0.2, -0.15) is 0 Å². The van der Waals surface area contributed by atoms with Gasteiger partial charge in [0.15, 0.2) is 0 Å². The maximum Gasteiger partial charge on any atom is 0.0457 e. The van der Waals surface area contributed by atoms with Gasteiger partial charge in [-0.3, -0.25) is 0 Å². The molecule has 1 unspecified atom stereocenters. The van der Waals surface area contributed by atoms with Crippen molar-refractivity contribution in [2.45, 2.75) is 38.1 Å². The molecule has 0 saturated heterocycles. The maximum absolute atomic E-state index is 5.83. The first-order valence-electron chi connectivity index (χ1n) is 3.91. The molecular formula is C7H20N2Si. The van der Waals surface area contributed by atoms with Gasteiger partial charge in [0.1, 0.15) is 0 Å². The Morgan fingerprint density at radius 1 is 1.30 bits per heavy atom. The molecule has 62 valence electrons. The highest BCUT2D eigenvalue weighted by molar-refractivity contribution is 6.76. The molecule has 0 aliphatic heterocycles. The van der Waals surface area contributed by atoms with Crippen molar-refractivity contribution in [1.82, 2.24) is 0 Å². The van der Waals surface area contributed by atoms with Gasteiger partial charge in [-0.25, -0.2) is 0 Å². The molecule has 0 amide bonds. The highest BCUT2D eigenvalue weighted by Gasteiger charge is 2.16. The molecule has 0 aliphatic rings. The predicted octanol–water partition coefficient (Wildman–Crippen LogP) is 1.00. The van der Waals surface area contributed by atoms with Gasteiger partial charge < -0.3 is 11.5 Å². The van der Waals surface area contributed by atoms with Crippen LogP contribution in [0.2, 0.25) is 25.7 Å². The molecule has 1 atom stereocenters. The minimum absolute atomic E-state index is 0.344. The highest BCUT2D eigenvalue weighted by atomic mass is 28.3. The topological polar surface area (TPSA) is 52.0 Å². The van der Waals surface area contributed by atoms with Crippen molar-refractivity contribution in [1.29, 1.82) is 0 Å². The predicted molar refractivity (Wildman–Crippen MR) is 49.8 cm³/mol. The molecule has 0 heterocycles. The lowest BCUT2D eigenvalue weighted by atomic mass is 10.2. The number of hydrogen-bond acceptors (Lipinski definition) is 2.